The van der Waals surface area contributed by atoms with E-state index < -0.39 is 0 Å². The number of aromatic nitrogens is 2. The van der Waals surface area contributed by atoms with Crippen LogP contribution in [0.25, 0.3) is 0 Å². The molecule has 0 saturated carbocycles. The lowest BCUT2D eigenvalue weighted by Crippen LogP contribution is -2.24. The second kappa shape index (κ2) is 6.61. The van der Waals surface area contributed by atoms with E-state index in [1.807, 2.05) is 29.9 Å². The molecule has 0 aliphatic carbocycles. The first-order chi connectivity index (χ1) is 9.56. The van der Waals surface area contributed by atoms with E-state index in [0.29, 0.717) is 5.02 Å². The van der Waals surface area contributed by atoms with Gasteiger partial charge in [-0.1, -0.05) is 34.5 Å². The van der Waals surface area contributed by atoms with Crippen molar-refractivity contribution in [3.8, 4) is 5.75 Å². The van der Waals surface area contributed by atoms with E-state index in [9.17, 15) is 0 Å². The molecule has 1 atom stereocenters. The molecule has 0 spiro atoms. The van der Waals surface area contributed by atoms with Gasteiger partial charge in [0.15, 0.2) is 5.75 Å². The third kappa shape index (κ3) is 3.16. The van der Waals surface area contributed by atoms with Gasteiger partial charge < -0.3 is 10.1 Å². The van der Waals surface area contributed by atoms with Crippen LogP contribution in [0.15, 0.2) is 28.9 Å². The Balaban J connectivity index is 2.52. The fourth-order valence-corrected chi connectivity index (χ4v) is 3.12. The zero-order valence-electron chi connectivity index (χ0n) is 11.7. The van der Waals surface area contributed by atoms with Crippen molar-refractivity contribution in [3.05, 3.63) is 45.1 Å². The van der Waals surface area contributed by atoms with E-state index in [2.05, 4.69) is 33.3 Å². The highest BCUT2D eigenvalue weighted by atomic mass is 79.9. The van der Waals surface area contributed by atoms with E-state index in [-0.39, 0.29) is 6.04 Å². The summed E-state index contributed by atoms with van der Waals surface area (Å²) in [7, 11) is 3.55. The summed E-state index contributed by atoms with van der Waals surface area (Å²) >= 11 is 9.64. The standard InChI is InChI=1S/C14H17BrClN3O/c1-4-17-13(9-5-10(15)7-11(16)6-9)14-12(20-3)8-18-19(14)2/h5-8,13,17H,4H2,1-3H3. The molecule has 1 aromatic heterocycles. The molecule has 6 heteroatoms. The zero-order valence-corrected chi connectivity index (χ0v) is 14.0. The third-order valence-electron chi connectivity index (χ3n) is 3.07. The number of ether oxygens (including phenoxy) is 1. The Bertz CT molecular complexity index is 580. The number of methoxy groups -OCH3 is 1. The number of nitrogens with one attached hydrogen (secondary N) is 1. The Kier molecular flexibility index (Phi) is 5.07. The molecule has 2 aromatic rings. The molecular weight excluding hydrogens is 342 g/mol. The predicted octanol–water partition coefficient (Wildman–Crippen LogP) is 3.54. The minimum Gasteiger partial charge on any atom is -0.493 e. The largest absolute Gasteiger partial charge is 0.493 e. The second-order valence-corrected chi connectivity index (χ2v) is 5.77. The lowest BCUT2D eigenvalue weighted by Gasteiger charge is -2.20. The van der Waals surface area contributed by atoms with Crippen molar-refractivity contribution >= 4 is 27.5 Å². The van der Waals surface area contributed by atoms with Crippen molar-refractivity contribution in [3.63, 3.8) is 0 Å². The van der Waals surface area contributed by atoms with Crippen LogP contribution in [-0.2, 0) is 7.05 Å². The van der Waals surface area contributed by atoms with Gasteiger partial charge in [0.25, 0.3) is 0 Å². The normalized spacial score (nSPS) is 12.4. The minimum absolute atomic E-state index is 0.0301. The molecule has 0 saturated heterocycles. The average molecular weight is 359 g/mol. The van der Waals surface area contributed by atoms with Crippen LogP contribution in [0.2, 0.25) is 5.02 Å². The molecule has 0 radical (unpaired) electrons. The molecule has 4 nitrogen and oxygen atoms in total. The van der Waals surface area contributed by atoms with E-state index in [1.165, 1.54) is 0 Å². The van der Waals surface area contributed by atoms with Crippen molar-refractivity contribution in [2.24, 2.45) is 7.05 Å². The van der Waals surface area contributed by atoms with Crippen LogP contribution in [0.1, 0.15) is 24.2 Å². The van der Waals surface area contributed by atoms with E-state index in [0.717, 1.165) is 28.0 Å². The first kappa shape index (κ1) is 15.4. The molecule has 0 aliphatic rings. The topological polar surface area (TPSA) is 39.1 Å². The minimum atomic E-state index is -0.0301. The highest BCUT2D eigenvalue weighted by Crippen LogP contribution is 2.32. The van der Waals surface area contributed by atoms with Crippen LogP contribution in [0, 0.1) is 0 Å². The van der Waals surface area contributed by atoms with Crippen LogP contribution >= 0.6 is 27.5 Å². The molecule has 0 amide bonds. The second-order valence-electron chi connectivity index (χ2n) is 4.42. The van der Waals surface area contributed by atoms with Gasteiger partial charge in [-0.2, -0.15) is 5.10 Å². The first-order valence-electron chi connectivity index (χ1n) is 6.32. The molecule has 0 bridgehead atoms. The van der Waals surface area contributed by atoms with Gasteiger partial charge in [-0.05, 0) is 30.3 Å². The summed E-state index contributed by atoms with van der Waals surface area (Å²) in [5.41, 5.74) is 2.04. The SMILES string of the molecule is CCNC(c1cc(Cl)cc(Br)c1)c1c(OC)cnn1C. The molecule has 1 aromatic carbocycles. The molecule has 1 unspecified atom stereocenters. The summed E-state index contributed by atoms with van der Waals surface area (Å²) in [5.74, 6) is 0.759. The summed E-state index contributed by atoms with van der Waals surface area (Å²) in [5, 5.41) is 8.41. The summed E-state index contributed by atoms with van der Waals surface area (Å²) in [6, 6.07) is 5.84. The maximum Gasteiger partial charge on any atom is 0.161 e. The number of hydrogen-bond donors (Lipinski definition) is 1. The first-order valence-corrected chi connectivity index (χ1v) is 7.49. The third-order valence-corrected chi connectivity index (χ3v) is 3.75. The smallest absolute Gasteiger partial charge is 0.161 e. The number of rotatable bonds is 5. The van der Waals surface area contributed by atoms with Gasteiger partial charge in [0, 0.05) is 16.5 Å². The molecule has 0 aliphatic heterocycles. The zero-order chi connectivity index (χ0) is 14.7. The summed E-state index contributed by atoms with van der Waals surface area (Å²) in [6.45, 7) is 2.89. The summed E-state index contributed by atoms with van der Waals surface area (Å²) in [4.78, 5) is 0. The van der Waals surface area contributed by atoms with Crippen molar-refractivity contribution in [2.45, 2.75) is 13.0 Å². The van der Waals surface area contributed by atoms with Gasteiger partial charge in [0.1, 0.15) is 5.69 Å². The van der Waals surface area contributed by atoms with Crippen LogP contribution in [0.3, 0.4) is 0 Å². The van der Waals surface area contributed by atoms with Crippen LogP contribution in [0.5, 0.6) is 5.75 Å². The lowest BCUT2D eigenvalue weighted by atomic mass is 10.0. The van der Waals surface area contributed by atoms with Crippen LogP contribution in [0.4, 0.5) is 0 Å². The molecule has 1 heterocycles. The maximum atomic E-state index is 6.16. The predicted molar refractivity (Wildman–Crippen MR) is 84.4 cm³/mol. The van der Waals surface area contributed by atoms with Crippen molar-refractivity contribution in [1.82, 2.24) is 15.1 Å². The lowest BCUT2D eigenvalue weighted by molar-refractivity contribution is 0.401. The Morgan fingerprint density at radius 2 is 2.20 bits per heavy atom. The van der Waals surface area contributed by atoms with Crippen molar-refractivity contribution < 1.29 is 4.74 Å². The number of nitrogens with zero attached hydrogens (tertiary/aromatic N) is 2. The molecule has 2 rings (SSSR count). The number of aryl methyl sites for hydroxylation is 1. The molecule has 108 valence electrons. The van der Waals surface area contributed by atoms with Crippen molar-refractivity contribution in [1.29, 1.82) is 0 Å². The maximum absolute atomic E-state index is 6.16. The monoisotopic (exact) mass is 357 g/mol. The Labute approximate surface area is 132 Å². The number of halogens is 2. The molecule has 20 heavy (non-hydrogen) atoms. The highest BCUT2D eigenvalue weighted by Gasteiger charge is 2.22. The fraction of sp³-hybridized carbons (Fsp3) is 0.357. The summed E-state index contributed by atoms with van der Waals surface area (Å²) in [6.07, 6.45) is 1.72. The Morgan fingerprint density at radius 1 is 1.45 bits per heavy atom. The summed E-state index contributed by atoms with van der Waals surface area (Å²) < 4.78 is 8.18. The van der Waals surface area contributed by atoms with Crippen LogP contribution in [-0.4, -0.2) is 23.4 Å². The number of benzene rings is 1. The van der Waals surface area contributed by atoms with Gasteiger partial charge in [-0.25, -0.2) is 0 Å². The Morgan fingerprint density at radius 3 is 2.80 bits per heavy atom. The van der Waals surface area contributed by atoms with Gasteiger partial charge in [-0.15, -0.1) is 0 Å². The van der Waals surface area contributed by atoms with E-state index in [1.54, 1.807) is 13.3 Å². The van der Waals surface area contributed by atoms with Gasteiger partial charge in [0.05, 0.1) is 19.3 Å². The molecule has 1 N–H and O–H groups in total. The van der Waals surface area contributed by atoms with Gasteiger partial charge >= 0.3 is 0 Å². The molecule has 0 fully saturated rings. The van der Waals surface area contributed by atoms with E-state index in [4.69, 9.17) is 16.3 Å². The Hall–Kier alpha value is -1.04. The van der Waals surface area contributed by atoms with Crippen molar-refractivity contribution in [2.75, 3.05) is 13.7 Å². The fourth-order valence-electron chi connectivity index (χ4n) is 2.23. The quantitative estimate of drug-likeness (QED) is 0.888. The highest BCUT2D eigenvalue weighted by molar-refractivity contribution is 9.10. The van der Waals surface area contributed by atoms with E-state index >= 15 is 0 Å². The van der Waals surface area contributed by atoms with Gasteiger partial charge in [-0.3, -0.25) is 4.68 Å². The molecular formula is C14H17BrClN3O. The number of hydrogen-bond acceptors (Lipinski definition) is 3. The van der Waals surface area contributed by atoms with Gasteiger partial charge in [0.2, 0.25) is 0 Å². The average Bonchev–Trinajstić information content (AvgIpc) is 2.76. The van der Waals surface area contributed by atoms with Crippen LogP contribution < -0.4 is 10.1 Å².